The summed E-state index contributed by atoms with van der Waals surface area (Å²) >= 11 is 1.80. The third-order valence-corrected chi connectivity index (χ3v) is 5.86. The molecule has 26 heavy (non-hydrogen) atoms. The lowest BCUT2D eigenvalue weighted by Gasteiger charge is -2.11. The van der Waals surface area contributed by atoms with Gasteiger partial charge in [0.15, 0.2) is 5.82 Å². The minimum Gasteiger partial charge on any atom is -0.494 e. The summed E-state index contributed by atoms with van der Waals surface area (Å²) in [7, 11) is 0. The van der Waals surface area contributed by atoms with E-state index in [-0.39, 0.29) is 0 Å². The van der Waals surface area contributed by atoms with Crippen LogP contribution < -0.4 is 10.2 Å². The highest BCUT2D eigenvalue weighted by molar-refractivity contribution is 7.19. The highest BCUT2D eigenvalue weighted by Gasteiger charge is 2.19. The molecule has 2 heterocycles. The second-order valence-corrected chi connectivity index (χ2v) is 7.46. The highest BCUT2D eigenvalue weighted by Crippen LogP contribution is 2.38. The molecule has 0 saturated carbocycles. The number of aromatic nitrogens is 2. The van der Waals surface area contributed by atoms with E-state index in [2.05, 4.69) is 20.5 Å². The molecule has 6 heteroatoms. The van der Waals surface area contributed by atoms with E-state index in [0.29, 0.717) is 6.61 Å². The van der Waals surface area contributed by atoms with Crippen molar-refractivity contribution in [1.82, 2.24) is 9.97 Å². The van der Waals surface area contributed by atoms with Crippen LogP contribution in [-0.4, -0.2) is 22.3 Å². The van der Waals surface area contributed by atoms with Gasteiger partial charge in [-0.1, -0.05) is 0 Å². The molecule has 0 fully saturated rings. The van der Waals surface area contributed by atoms with Crippen LogP contribution in [0, 0.1) is 0 Å². The van der Waals surface area contributed by atoms with Crippen molar-refractivity contribution in [2.24, 2.45) is 5.10 Å². The fourth-order valence-electron chi connectivity index (χ4n) is 3.34. The van der Waals surface area contributed by atoms with Gasteiger partial charge in [-0.2, -0.15) is 5.10 Å². The molecule has 0 amide bonds. The van der Waals surface area contributed by atoms with Crippen molar-refractivity contribution in [1.29, 1.82) is 0 Å². The van der Waals surface area contributed by atoms with Gasteiger partial charge in [0.05, 0.1) is 17.7 Å². The molecule has 5 nitrogen and oxygen atoms in total. The molecule has 0 radical (unpaired) electrons. The van der Waals surface area contributed by atoms with Gasteiger partial charge in [0.2, 0.25) is 0 Å². The molecule has 0 unspecified atom stereocenters. The van der Waals surface area contributed by atoms with Crippen molar-refractivity contribution in [3.05, 3.63) is 46.6 Å². The van der Waals surface area contributed by atoms with Crippen molar-refractivity contribution in [3.8, 4) is 5.75 Å². The number of anilines is 1. The lowest BCUT2D eigenvalue weighted by molar-refractivity contribution is 0.340. The van der Waals surface area contributed by atoms with E-state index in [9.17, 15) is 0 Å². The minimum absolute atomic E-state index is 0.669. The van der Waals surface area contributed by atoms with E-state index in [4.69, 9.17) is 4.74 Å². The molecule has 2 aromatic heterocycles. The zero-order valence-electron chi connectivity index (χ0n) is 15.1. The number of ether oxygens (including phenoxy) is 1. The molecule has 0 atom stereocenters. The zero-order valence-corrected chi connectivity index (χ0v) is 15.9. The van der Waals surface area contributed by atoms with Gasteiger partial charge in [0.1, 0.15) is 16.9 Å². The Kier molecular flexibility index (Phi) is 4.84. The average Bonchev–Trinajstić information content (AvgIpc) is 3.06. The maximum Gasteiger partial charge on any atom is 0.158 e. The Hall–Kier alpha value is -2.47. The third-order valence-electron chi connectivity index (χ3n) is 4.66. The fraction of sp³-hybridized carbons (Fsp3) is 0.350. The molecule has 4 rings (SSSR count). The second-order valence-electron chi connectivity index (χ2n) is 6.38. The summed E-state index contributed by atoms with van der Waals surface area (Å²) in [6, 6.07) is 7.98. The van der Waals surface area contributed by atoms with Crippen molar-refractivity contribution >= 4 is 33.1 Å². The number of aryl methyl sites for hydroxylation is 2. The zero-order chi connectivity index (χ0) is 17.9. The molecule has 0 aliphatic heterocycles. The maximum atomic E-state index is 5.49. The number of benzene rings is 1. The van der Waals surface area contributed by atoms with Crippen LogP contribution in [0.4, 0.5) is 5.82 Å². The van der Waals surface area contributed by atoms with Crippen LogP contribution in [-0.2, 0) is 12.8 Å². The lowest BCUT2D eigenvalue weighted by Crippen LogP contribution is -2.03. The Morgan fingerprint density at radius 3 is 2.81 bits per heavy atom. The first-order valence-electron chi connectivity index (χ1n) is 9.05. The van der Waals surface area contributed by atoms with E-state index in [0.717, 1.165) is 45.9 Å². The van der Waals surface area contributed by atoms with E-state index >= 15 is 0 Å². The van der Waals surface area contributed by atoms with Crippen LogP contribution in [0.5, 0.6) is 5.75 Å². The first kappa shape index (κ1) is 17.0. The maximum absolute atomic E-state index is 5.49. The van der Waals surface area contributed by atoms with Gasteiger partial charge >= 0.3 is 0 Å². The van der Waals surface area contributed by atoms with E-state index < -0.39 is 0 Å². The molecular weight excluding hydrogens is 344 g/mol. The van der Waals surface area contributed by atoms with E-state index in [1.54, 1.807) is 17.7 Å². The predicted octanol–water partition coefficient (Wildman–Crippen LogP) is 4.80. The summed E-state index contributed by atoms with van der Waals surface area (Å²) < 4.78 is 5.49. The van der Waals surface area contributed by atoms with Gasteiger partial charge in [-0.25, -0.2) is 9.97 Å². The van der Waals surface area contributed by atoms with Gasteiger partial charge in [0.25, 0.3) is 0 Å². The molecule has 3 aromatic rings. The standard InChI is InChI=1S/C20H22N4OS/c1-3-25-15-10-8-14(9-11-15)13(2)23-24-19-18-16-6-4-5-7-17(16)26-20(18)22-12-21-19/h8-12H,3-7H2,1-2H3,(H,21,22,24). The minimum atomic E-state index is 0.669. The number of rotatable bonds is 5. The number of thiophene rings is 1. The second kappa shape index (κ2) is 7.41. The topological polar surface area (TPSA) is 59.4 Å². The summed E-state index contributed by atoms with van der Waals surface area (Å²) in [6.45, 7) is 4.64. The van der Waals surface area contributed by atoms with Crippen LogP contribution in [0.3, 0.4) is 0 Å². The summed E-state index contributed by atoms with van der Waals surface area (Å²) in [5.74, 6) is 1.68. The van der Waals surface area contributed by atoms with E-state index in [1.165, 1.54) is 23.3 Å². The summed E-state index contributed by atoms with van der Waals surface area (Å²) in [4.78, 5) is 11.4. The van der Waals surface area contributed by atoms with Gasteiger partial charge in [0, 0.05) is 4.88 Å². The third kappa shape index (κ3) is 3.29. The number of fused-ring (bicyclic) bond motifs is 3. The normalized spacial score (nSPS) is 14.3. The van der Waals surface area contributed by atoms with Crippen molar-refractivity contribution in [3.63, 3.8) is 0 Å². The van der Waals surface area contributed by atoms with Crippen LogP contribution in [0.25, 0.3) is 10.2 Å². The monoisotopic (exact) mass is 366 g/mol. The van der Waals surface area contributed by atoms with Crippen LogP contribution in [0.1, 0.15) is 42.7 Å². The first-order chi connectivity index (χ1) is 12.8. The van der Waals surface area contributed by atoms with E-state index in [1.807, 2.05) is 38.1 Å². The average molecular weight is 366 g/mol. The van der Waals surface area contributed by atoms with Gasteiger partial charge in [-0.3, -0.25) is 5.43 Å². The molecular formula is C20H22N4OS. The SMILES string of the molecule is CCOc1ccc(C(C)=NNc2ncnc3sc4c(c23)CCCC4)cc1. The smallest absolute Gasteiger partial charge is 0.158 e. The Morgan fingerprint density at radius 1 is 1.19 bits per heavy atom. The Balaban J connectivity index is 1.60. The van der Waals surface area contributed by atoms with Crippen LogP contribution >= 0.6 is 11.3 Å². The van der Waals surface area contributed by atoms with Gasteiger partial charge in [-0.15, -0.1) is 11.3 Å². The Labute approximate surface area is 157 Å². The molecule has 0 saturated heterocycles. The van der Waals surface area contributed by atoms with Crippen LogP contribution in [0.15, 0.2) is 35.7 Å². The number of hydrogen-bond donors (Lipinski definition) is 1. The molecule has 0 bridgehead atoms. The summed E-state index contributed by atoms with van der Waals surface area (Å²) in [5.41, 5.74) is 6.55. The van der Waals surface area contributed by atoms with Gasteiger partial charge in [-0.05, 0) is 74.9 Å². The van der Waals surface area contributed by atoms with Crippen molar-refractivity contribution in [2.45, 2.75) is 39.5 Å². The number of hydrazone groups is 1. The fourth-order valence-corrected chi connectivity index (χ4v) is 4.56. The Bertz CT molecular complexity index is 946. The lowest BCUT2D eigenvalue weighted by atomic mass is 9.97. The molecule has 134 valence electrons. The van der Waals surface area contributed by atoms with Crippen molar-refractivity contribution < 1.29 is 4.74 Å². The van der Waals surface area contributed by atoms with Gasteiger partial charge < -0.3 is 4.74 Å². The summed E-state index contributed by atoms with van der Waals surface area (Å²) in [6.07, 6.45) is 6.39. The summed E-state index contributed by atoms with van der Waals surface area (Å²) in [5, 5.41) is 5.71. The van der Waals surface area contributed by atoms with Crippen molar-refractivity contribution in [2.75, 3.05) is 12.0 Å². The molecule has 1 N–H and O–H groups in total. The highest BCUT2D eigenvalue weighted by atomic mass is 32.1. The number of nitrogens with zero attached hydrogens (tertiary/aromatic N) is 3. The molecule has 1 aliphatic carbocycles. The quantitative estimate of drug-likeness (QED) is 0.520. The Morgan fingerprint density at radius 2 is 2.00 bits per heavy atom. The largest absolute Gasteiger partial charge is 0.494 e. The molecule has 1 aromatic carbocycles. The number of hydrogen-bond acceptors (Lipinski definition) is 6. The predicted molar refractivity (Wildman–Crippen MR) is 108 cm³/mol. The van der Waals surface area contributed by atoms with Crippen LogP contribution in [0.2, 0.25) is 0 Å². The first-order valence-corrected chi connectivity index (χ1v) is 9.86. The molecule has 0 spiro atoms. The number of nitrogens with one attached hydrogen (secondary N) is 1. The molecule has 1 aliphatic rings.